The maximum absolute atomic E-state index is 12.5. The van der Waals surface area contributed by atoms with Crippen molar-refractivity contribution < 1.29 is 14.3 Å². The highest BCUT2D eigenvalue weighted by Gasteiger charge is 2.15. The average molecular weight is 345 g/mol. The quantitative estimate of drug-likeness (QED) is 0.477. The van der Waals surface area contributed by atoms with Gasteiger partial charge in [0.2, 0.25) is 0 Å². The number of ether oxygens (including phenoxy) is 1. The van der Waals surface area contributed by atoms with Crippen LogP contribution in [0.5, 0.6) is 5.75 Å². The van der Waals surface area contributed by atoms with Crippen molar-refractivity contribution in [2.45, 2.75) is 12.8 Å². The van der Waals surface area contributed by atoms with Gasteiger partial charge in [-0.15, -0.1) is 0 Å². The predicted molar refractivity (Wildman–Crippen MR) is 99.8 cm³/mol. The molecule has 4 nitrogen and oxygen atoms in total. The van der Waals surface area contributed by atoms with Gasteiger partial charge in [0.1, 0.15) is 11.4 Å². The van der Waals surface area contributed by atoms with E-state index in [4.69, 9.17) is 4.74 Å². The Morgan fingerprint density at radius 3 is 2.35 bits per heavy atom. The van der Waals surface area contributed by atoms with Crippen molar-refractivity contribution in [3.63, 3.8) is 0 Å². The highest BCUT2D eigenvalue weighted by molar-refractivity contribution is 6.12. The van der Waals surface area contributed by atoms with Crippen molar-refractivity contribution >= 4 is 11.6 Å². The molecule has 2 aromatic carbocycles. The number of carbonyl (C=O) groups is 2. The molecule has 0 aliphatic heterocycles. The summed E-state index contributed by atoms with van der Waals surface area (Å²) in [6, 6.07) is 20.7. The molecule has 0 fully saturated rings. The van der Waals surface area contributed by atoms with Gasteiger partial charge in [0.05, 0.1) is 19.7 Å². The van der Waals surface area contributed by atoms with Crippen LogP contribution in [0.2, 0.25) is 0 Å². The number of Topliss-reactive ketones (excluding diaryl/α,β-unsaturated/α-hetero) is 2. The number of methoxy groups -OCH3 is 1. The van der Waals surface area contributed by atoms with Crippen LogP contribution in [0.3, 0.4) is 0 Å². The largest absolute Gasteiger partial charge is 0.495 e. The molecule has 0 bridgehead atoms. The zero-order chi connectivity index (χ0) is 18.4. The van der Waals surface area contributed by atoms with E-state index in [0.717, 1.165) is 12.0 Å². The summed E-state index contributed by atoms with van der Waals surface area (Å²) >= 11 is 0. The monoisotopic (exact) mass is 345 g/mol. The van der Waals surface area contributed by atoms with Crippen LogP contribution in [-0.2, 0) is 6.42 Å². The number of nitrogens with zero attached hydrogens (tertiary/aromatic N) is 1. The molecule has 0 aliphatic rings. The minimum absolute atomic E-state index is 0.200. The molecule has 0 unspecified atom stereocenters. The topological polar surface area (TPSA) is 56.3 Å². The lowest BCUT2D eigenvalue weighted by Gasteiger charge is -2.06. The molecule has 3 rings (SSSR count). The van der Waals surface area contributed by atoms with E-state index in [0.29, 0.717) is 11.3 Å². The van der Waals surface area contributed by atoms with Crippen molar-refractivity contribution in [3.8, 4) is 5.75 Å². The molecule has 0 spiro atoms. The fourth-order valence-corrected chi connectivity index (χ4v) is 2.69. The maximum atomic E-state index is 12.5. The van der Waals surface area contributed by atoms with E-state index >= 15 is 0 Å². The van der Waals surface area contributed by atoms with E-state index in [-0.39, 0.29) is 23.7 Å². The van der Waals surface area contributed by atoms with Crippen LogP contribution < -0.4 is 4.74 Å². The molecule has 4 heteroatoms. The van der Waals surface area contributed by atoms with Gasteiger partial charge in [0, 0.05) is 5.56 Å². The molecule has 0 atom stereocenters. The SMILES string of the molecule is COc1ccc(C(=O)CC(=O)c2cccc(Cc3ccccc3)c2)nc1. The smallest absolute Gasteiger partial charge is 0.188 e. The second kappa shape index (κ2) is 8.21. The van der Waals surface area contributed by atoms with Crippen molar-refractivity contribution in [1.82, 2.24) is 4.98 Å². The number of hydrogen-bond acceptors (Lipinski definition) is 4. The molecule has 1 aromatic heterocycles. The first-order chi connectivity index (χ1) is 12.7. The van der Waals surface area contributed by atoms with Crippen LogP contribution in [0.4, 0.5) is 0 Å². The lowest BCUT2D eigenvalue weighted by molar-refractivity contribution is 0.0891. The van der Waals surface area contributed by atoms with Crippen molar-refractivity contribution in [1.29, 1.82) is 0 Å². The standard InChI is InChI=1S/C22H19NO3/c1-26-19-10-11-20(23-15-19)22(25)14-21(24)18-9-5-8-17(13-18)12-16-6-3-2-4-7-16/h2-11,13,15H,12,14H2,1H3. The number of ketones is 2. The van der Waals surface area contributed by atoms with Gasteiger partial charge in [-0.1, -0.05) is 48.5 Å². The van der Waals surface area contributed by atoms with Crippen LogP contribution >= 0.6 is 0 Å². The van der Waals surface area contributed by atoms with Crippen molar-refractivity contribution in [3.05, 3.63) is 95.3 Å². The van der Waals surface area contributed by atoms with Crippen LogP contribution in [0.1, 0.15) is 38.4 Å². The van der Waals surface area contributed by atoms with Crippen molar-refractivity contribution in [2.75, 3.05) is 7.11 Å². The molecule has 0 saturated heterocycles. The molecular weight excluding hydrogens is 326 g/mol. The summed E-state index contributed by atoms with van der Waals surface area (Å²) < 4.78 is 5.02. The molecule has 130 valence electrons. The molecule has 0 N–H and O–H groups in total. The van der Waals surface area contributed by atoms with E-state index in [9.17, 15) is 9.59 Å². The Labute approximate surface area is 152 Å². The van der Waals surface area contributed by atoms with Crippen LogP contribution in [0.15, 0.2) is 72.9 Å². The molecule has 0 saturated carbocycles. The first kappa shape index (κ1) is 17.5. The fraction of sp³-hybridized carbons (Fsp3) is 0.136. The summed E-state index contributed by atoms with van der Waals surface area (Å²) in [6.45, 7) is 0. The van der Waals surface area contributed by atoms with E-state index in [1.54, 1.807) is 18.2 Å². The van der Waals surface area contributed by atoms with Gasteiger partial charge in [-0.25, -0.2) is 4.98 Å². The Morgan fingerprint density at radius 2 is 1.65 bits per heavy atom. The lowest BCUT2D eigenvalue weighted by Crippen LogP contribution is -2.10. The Morgan fingerprint density at radius 1 is 0.885 bits per heavy atom. The minimum atomic E-state index is -0.300. The van der Waals surface area contributed by atoms with Gasteiger partial charge in [0.15, 0.2) is 11.6 Å². The summed E-state index contributed by atoms with van der Waals surface area (Å²) in [5.74, 6) is 0.0649. The number of aromatic nitrogens is 1. The van der Waals surface area contributed by atoms with Gasteiger partial charge in [0.25, 0.3) is 0 Å². The molecule has 3 aromatic rings. The number of rotatable bonds is 7. The Bertz CT molecular complexity index is 902. The zero-order valence-corrected chi connectivity index (χ0v) is 14.5. The summed E-state index contributed by atoms with van der Waals surface area (Å²) in [5, 5.41) is 0. The Balaban J connectivity index is 1.69. The van der Waals surface area contributed by atoms with E-state index in [1.807, 2.05) is 48.5 Å². The van der Waals surface area contributed by atoms with Crippen LogP contribution in [0.25, 0.3) is 0 Å². The van der Waals surface area contributed by atoms with E-state index in [2.05, 4.69) is 4.98 Å². The van der Waals surface area contributed by atoms with Crippen LogP contribution in [0, 0.1) is 0 Å². The predicted octanol–water partition coefficient (Wildman–Crippen LogP) is 4.14. The van der Waals surface area contributed by atoms with Gasteiger partial charge in [-0.3, -0.25) is 9.59 Å². The first-order valence-corrected chi connectivity index (χ1v) is 8.35. The first-order valence-electron chi connectivity index (χ1n) is 8.35. The number of benzene rings is 2. The molecular formula is C22H19NO3. The Kier molecular flexibility index (Phi) is 5.54. The highest BCUT2D eigenvalue weighted by atomic mass is 16.5. The molecule has 26 heavy (non-hydrogen) atoms. The third kappa shape index (κ3) is 4.42. The van der Waals surface area contributed by atoms with Gasteiger partial charge >= 0.3 is 0 Å². The van der Waals surface area contributed by atoms with Gasteiger partial charge < -0.3 is 4.74 Å². The third-order valence-electron chi connectivity index (χ3n) is 4.08. The minimum Gasteiger partial charge on any atom is -0.495 e. The highest BCUT2D eigenvalue weighted by Crippen LogP contribution is 2.15. The van der Waals surface area contributed by atoms with Crippen molar-refractivity contribution in [2.24, 2.45) is 0 Å². The average Bonchev–Trinajstić information content (AvgIpc) is 2.69. The van der Waals surface area contributed by atoms with Crippen LogP contribution in [-0.4, -0.2) is 23.7 Å². The summed E-state index contributed by atoms with van der Waals surface area (Å²) in [4.78, 5) is 28.8. The third-order valence-corrected chi connectivity index (χ3v) is 4.08. The number of hydrogen-bond donors (Lipinski definition) is 0. The molecule has 0 amide bonds. The number of pyridine rings is 1. The molecule has 1 heterocycles. The number of carbonyl (C=O) groups excluding carboxylic acids is 2. The van der Waals surface area contributed by atoms with E-state index < -0.39 is 0 Å². The summed E-state index contributed by atoms with van der Waals surface area (Å²) in [6.07, 6.45) is 2.02. The zero-order valence-electron chi connectivity index (χ0n) is 14.5. The van der Waals surface area contributed by atoms with Gasteiger partial charge in [-0.05, 0) is 35.7 Å². The normalized spacial score (nSPS) is 10.3. The maximum Gasteiger partial charge on any atom is 0.188 e. The summed E-state index contributed by atoms with van der Waals surface area (Å²) in [7, 11) is 1.53. The van der Waals surface area contributed by atoms with E-state index in [1.165, 1.54) is 18.9 Å². The fourth-order valence-electron chi connectivity index (χ4n) is 2.69. The second-order valence-electron chi connectivity index (χ2n) is 5.97. The summed E-state index contributed by atoms with van der Waals surface area (Å²) in [5.41, 5.74) is 3.02. The van der Waals surface area contributed by atoms with Gasteiger partial charge in [-0.2, -0.15) is 0 Å². The second-order valence-corrected chi connectivity index (χ2v) is 5.97. The molecule has 0 aliphatic carbocycles. The molecule has 0 radical (unpaired) electrons. The Hall–Kier alpha value is -3.27. The lowest BCUT2D eigenvalue weighted by atomic mass is 9.99.